The van der Waals surface area contributed by atoms with Gasteiger partial charge in [-0.2, -0.15) is 0 Å². The van der Waals surface area contributed by atoms with E-state index in [0.29, 0.717) is 5.76 Å². The maximum absolute atomic E-state index is 12.1. The Morgan fingerprint density at radius 2 is 2.32 bits per heavy atom. The van der Waals surface area contributed by atoms with Gasteiger partial charge in [0.05, 0.1) is 22.6 Å². The molecule has 2 heterocycles. The van der Waals surface area contributed by atoms with E-state index in [9.17, 15) is 9.90 Å². The first kappa shape index (κ1) is 14.3. The summed E-state index contributed by atoms with van der Waals surface area (Å²) < 4.78 is 6.19. The molecule has 0 saturated heterocycles. The van der Waals surface area contributed by atoms with Crippen LogP contribution >= 0.6 is 27.3 Å². The highest BCUT2D eigenvalue weighted by molar-refractivity contribution is 9.11. The van der Waals surface area contributed by atoms with Gasteiger partial charge in [-0.05, 0) is 47.1 Å². The molecule has 0 bridgehead atoms. The van der Waals surface area contributed by atoms with Crippen molar-refractivity contribution in [3.63, 3.8) is 0 Å². The molecule has 6 heteroatoms. The largest absolute Gasteiger partial charge is 0.467 e. The fourth-order valence-electron chi connectivity index (χ4n) is 1.68. The Kier molecular flexibility index (Phi) is 4.79. The third kappa shape index (κ3) is 3.46. The second kappa shape index (κ2) is 6.36. The van der Waals surface area contributed by atoms with E-state index in [-0.39, 0.29) is 18.4 Å². The molecular weight excluding hydrogens is 330 g/mol. The molecule has 0 aliphatic rings. The zero-order valence-corrected chi connectivity index (χ0v) is 12.7. The first-order valence-corrected chi connectivity index (χ1v) is 7.42. The average molecular weight is 344 g/mol. The molecule has 2 N–H and O–H groups in total. The van der Waals surface area contributed by atoms with E-state index in [1.54, 1.807) is 12.1 Å². The van der Waals surface area contributed by atoms with Gasteiger partial charge in [0.1, 0.15) is 11.8 Å². The number of carbonyl (C=O) groups is 1. The predicted molar refractivity (Wildman–Crippen MR) is 77.1 cm³/mol. The molecule has 0 aliphatic carbocycles. The molecule has 0 aromatic carbocycles. The SMILES string of the molecule is CC(C(=O)NC(CO)c1ccco1)c1ccc(Br)s1. The number of nitrogens with one attached hydrogen (secondary N) is 1. The van der Waals surface area contributed by atoms with Crippen molar-refractivity contribution in [3.8, 4) is 0 Å². The summed E-state index contributed by atoms with van der Waals surface area (Å²) in [4.78, 5) is 13.1. The van der Waals surface area contributed by atoms with Crippen LogP contribution in [0.4, 0.5) is 0 Å². The molecule has 0 saturated carbocycles. The van der Waals surface area contributed by atoms with E-state index in [1.165, 1.54) is 17.6 Å². The Bertz CT molecular complexity index is 538. The van der Waals surface area contributed by atoms with Gasteiger partial charge in [0, 0.05) is 4.88 Å². The molecule has 2 aromatic heterocycles. The number of rotatable bonds is 5. The normalized spacial score (nSPS) is 14.1. The van der Waals surface area contributed by atoms with Crippen LogP contribution in [0.2, 0.25) is 0 Å². The van der Waals surface area contributed by atoms with Crippen molar-refractivity contribution in [1.29, 1.82) is 0 Å². The van der Waals surface area contributed by atoms with Crippen molar-refractivity contribution in [2.45, 2.75) is 18.9 Å². The third-order valence-corrected chi connectivity index (χ3v) is 4.61. The second-order valence-corrected chi connectivity index (χ2v) is 6.62. The molecule has 2 unspecified atom stereocenters. The first-order valence-electron chi connectivity index (χ1n) is 5.81. The van der Waals surface area contributed by atoms with Gasteiger partial charge in [-0.3, -0.25) is 4.79 Å². The van der Waals surface area contributed by atoms with E-state index in [1.807, 2.05) is 19.1 Å². The van der Waals surface area contributed by atoms with Crippen LogP contribution in [0.5, 0.6) is 0 Å². The monoisotopic (exact) mass is 343 g/mol. The number of amides is 1. The molecule has 2 atom stereocenters. The highest BCUT2D eigenvalue weighted by atomic mass is 79.9. The number of hydrogen-bond donors (Lipinski definition) is 2. The molecule has 102 valence electrons. The molecular formula is C13H14BrNO3S. The standard InChI is InChI=1S/C13H14BrNO3S/c1-8(11-4-5-12(14)19-11)13(17)15-9(7-16)10-3-2-6-18-10/h2-6,8-9,16H,7H2,1H3,(H,15,17). The van der Waals surface area contributed by atoms with Gasteiger partial charge in [-0.25, -0.2) is 0 Å². The molecule has 0 aliphatic heterocycles. The smallest absolute Gasteiger partial charge is 0.228 e. The number of thiophene rings is 1. The number of carbonyl (C=O) groups excluding carboxylic acids is 1. The first-order chi connectivity index (χ1) is 9.11. The Morgan fingerprint density at radius 1 is 1.53 bits per heavy atom. The fourth-order valence-corrected chi connectivity index (χ4v) is 3.16. The highest BCUT2D eigenvalue weighted by Crippen LogP contribution is 2.29. The summed E-state index contributed by atoms with van der Waals surface area (Å²) in [7, 11) is 0. The Hall–Kier alpha value is -1.11. The van der Waals surface area contributed by atoms with Gasteiger partial charge in [0.2, 0.25) is 5.91 Å². The number of aliphatic hydroxyl groups excluding tert-OH is 1. The molecule has 19 heavy (non-hydrogen) atoms. The lowest BCUT2D eigenvalue weighted by molar-refractivity contribution is -0.123. The van der Waals surface area contributed by atoms with Gasteiger partial charge in [-0.1, -0.05) is 0 Å². The molecule has 0 spiro atoms. The second-order valence-electron chi connectivity index (χ2n) is 4.12. The minimum atomic E-state index is -0.506. The summed E-state index contributed by atoms with van der Waals surface area (Å²) in [6.07, 6.45) is 1.52. The van der Waals surface area contributed by atoms with Crippen LogP contribution in [-0.4, -0.2) is 17.6 Å². The van der Waals surface area contributed by atoms with Crippen molar-refractivity contribution in [2.75, 3.05) is 6.61 Å². The highest BCUT2D eigenvalue weighted by Gasteiger charge is 2.22. The van der Waals surface area contributed by atoms with Crippen LogP contribution in [0.1, 0.15) is 29.5 Å². The van der Waals surface area contributed by atoms with Crippen LogP contribution in [0, 0.1) is 0 Å². The van der Waals surface area contributed by atoms with E-state index < -0.39 is 6.04 Å². The number of hydrogen-bond acceptors (Lipinski definition) is 4. The van der Waals surface area contributed by atoms with Crippen LogP contribution in [0.15, 0.2) is 38.7 Å². The summed E-state index contributed by atoms with van der Waals surface area (Å²) in [5, 5.41) is 12.1. The molecule has 2 aromatic rings. The summed E-state index contributed by atoms with van der Waals surface area (Å²) in [6.45, 7) is 1.64. The maximum Gasteiger partial charge on any atom is 0.228 e. The Balaban J connectivity index is 2.03. The van der Waals surface area contributed by atoms with Gasteiger partial charge >= 0.3 is 0 Å². The summed E-state index contributed by atoms with van der Waals surface area (Å²) in [5.41, 5.74) is 0. The molecule has 1 amide bonds. The third-order valence-electron chi connectivity index (χ3n) is 2.80. The van der Waals surface area contributed by atoms with Crippen molar-refractivity contribution in [3.05, 3.63) is 45.0 Å². The average Bonchev–Trinajstić information content (AvgIpc) is 3.05. The van der Waals surface area contributed by atoms with Gasteiger partial charge < -0.3 is 14.8 Å². The fraction of sp³-hybridized carbons (Fsp3) is 0.308. The van der Waals surface area contributed by atoms with Crippen LogP contribution < -0.4 is 5.32 Å². The number of halogens is 1. The summed E-state index contributed by atoms with van der Waals surface area (Å²) in [6, 6.07) is 6.78. The topological polar surface area (TPSA) is 62.5 Å². The van der Waals surface area contributed by atoms with Crippen molar-refractivity contribution < 1.29 is 14.3 Å². The van der Waals surface area contributed by atoms with E-state index in [2.05, 4.69) is 21.2 Å². The lowest BCUT2D eigenvalue weighted by Crippen LogP contribution is -2.33. The van der Waals surface area contributed by atoms with Crippen LogP contribution in [0.25, 0.3) is 0 Å². The summed E-state index contributed by atoms with van der Waals surface area (Å²) in [5.74, 6) is 0.153. The van der Waals surface area contributed by atoms with Gasteiger partial charge in [-0.15, -0.1) is 11.3 Å². The maximum atomic E-state index is 12.1. The van der Waals surface area contributed by atoms with Crippen LogP contribution in [-0.2, 0) is 4.79 Å². The van der Waals surface area contributed by atoms with Crippen molar-refractivity contribution in [1.82, 2.24) is 5.32 Å². The Labute approximate surface area is 123 Å². The minimum absolute atomic E-state index is 0.134. The van der Waals surface area contributed by atoms with Gasteiger partial charge in [0.25, 0.3) is 0 Å². The quantitative estimate of drug-likeness (QED) is 0.876. The van der Waals surface area contributed by atoms with Crippen molar-refractivity contribution >= 4 is 33.2 Å². The molecule has 0 fully saturated rings. The lowest BCUT2D eigenvalue weighted by Gasteiger charge is -2.16. The van der Waals surface area contributed by atoms with E-state index in [0.717, 1.165) is 8.66 Å². The molecule has 4 nitrogen and oxygen atoms in total. The number of aliphatic hydroxyl groups is 1. The zero-order valence-electron chi connectivity index (χ0n) is 10.3. The zero-order chi connectivity index (χ0) is 13.8. The minimum Gasteiger partial charge on any atom is -0.467 e. The van der Waals surface area contributed by atoms with E-state index >= 15 is 0 Å². The predicted octanol–water partition coefficient (Wildman–Crippen LogP) is 3.06. The van der Waals surface area contributed by atoms with Crippen molar-refractivity contribution in [2.24, 2.45) is 0 Å². The van der Waals surface area contributed by atoms with Crippen LogP contribution in [0.3, 0.4) is 0 Å². The number of furan rings is 1. The molecule has 0 radical (unpaired) electrons. The lowest BCUT2D eigenvalue weighted by atomic mass is 10.1. The Morgan fingerprint density at radius 3 is 2.84 bits per heavy atom. The van der Waals surface area contributed by atoms with Gasteiger partial charge in [0.15, 0.2) is 0 Å². The van der Waals surface area contributed by atoms with E-state index in [4.69, 9.17) is 4.42 Å². The summed E-state index contributed by atoms with van der Waals surface area (Å²) >= 11 is 4.90. The molecule has 2 rings (SSSR count).